The maximum atomic E-state index is 13.7. The Hall–Kier alpha value is -1.43. The van der Waals surface area contributed by atoms with Crippen LogP contribution < -0.4 is 5.32 Å². The van der Waals surface area contributed by atoms with E-state index >= 15 is 0 Å². The lowest BCUT2D eigenvalue weighted by atomic mass is 9.94. The third-order valence-electron chi connectivity index (χ3n) is 3.86. The fourth-order valence-corrected chi connectivity index (χ4v) is 4.20. The highest BCUT2D eigenvalue weighted by atomic mass is 32.2. The van der Waals surface area contributed by atoms with E-state index in [1.54, 1.807) is 0 Å². The van der Waals surface area contributed by atoms with Crippen LogP contribution in [0.1, 0.15) is 43.0 Å². The summed E-state index contributed by atoms with van der Waals surface area (Å²) in [5.74, 6) is -1.23. The molecule has 0 spiro atoms. The molecule has 0 radical (unpaired) electrons. The lowest BCUT2D eigenvalue weighted by Gasteiger charge is -2.31. The minimum atomic E-state index is -0.998. The number of aromatic hydroxyl groups is 1. The molecule has 1 saturated carbocycles. The number of benzene rings is 1. The molecule has 3 atom stereocenters. The van der Waals surface area contributed by atoms with Crippen LogP contribution in [0.4, 0.5) is 4.39 Å². The molecule has 1 aromatic rings. The Balaban J connectivity index is 2.15. The number of amides is 1. The van der Waals surface area contributed by atoms with Crippen molar-refractivity contribution in [3.8, 4) is 5.75 Å². The van der Waals surface area contributed by atoms with Gasteiger partial charge in [0.05, 0.1) is 5.25 Å². The molecule has 1 aliphatic rings. The van der Waals surface area contributed by atoms with Gasteiger partial charge in [-0.3, -0.25) is 9.00 Å². The zero-order valence-corrected chi connectivity index (χ0v) is 12.8. The third kappa shape index (κ3) is 3.61. The molecule has 1 aromatic carbocycles. The molecule has 116 valence electrons. The quantitative estimate of drug-likeness (QED) is 0.896. The van der Waals surface area contributed by atoms with Gasteiger partial charge in [-0.25, -0.2) is 4.39 Å². The number of phenolic OH excluding ortho intramolecular Hbond substituents is 1. The van der Waals surface area contributed by atoms with E-state index in [0.717, 1.165) is 31.7 Å². The highest BCUT2D eigenvalue weighted by Gasteiger charge is 2.31. The summed E-state index contributed by atoms with van der Waals surface area (Å²) in [7, 11) is -0.998. The second-order valence-electron chi connectivity index (χ2n) is 5.21. The van der Waals surface area contributed by atoms with E-state index in [-0.39, 0.29) is 22.6 Å². The molecule has 0 heterocycles. The first-order valence-electron chi connectivity index (χ1n) is 7.20. The van der Waals surface area contributed by atoms with Gasteiger partial charge in [0.25, 0.3) is 5.91 Å². The average Bonchev–Trinajstić information content (AvgIpc) is 2.47. The fraction of sp³-hybridized carbons (Fsp3) is 0.533. The summed E-state index contributed by atoms with van der Waals surface area (Å²) >= 11 is 0. The van der Waals surface area contributed by atoms with Gasteiger partial charge in [0, 0.05) is 22.6 Å². The van der Waals surface area contributed by atoms with Gasteiger partial charge in [-0.1, -0.05) is 25.8 Å². The Morgan fingerprint density at radius 1 is 1.43 bits per heavy atom. The lowest BCUT2D eigenvalue weighted by Crippen LogP contribution is -2.47. The summed E-state index contributed by atoms with van der Waals surface area (Å²) in [5.41, 5.74) is -0.343. The van der Waals surface area contributed by atoms with Crippen LogP contribution >= 0.6 is 0 Å². The SMILES string of the molecule is CC[S@@](=O)[C@@H]1CCCC[C@@H]1NC(=O)c1c(O)cccc1F. The summed E-state index contributed by atoms with van der Waals surface area (Å²) in [6.45, 7) is 1.85. The Bertz CT molecular complexity index is 529. The molecule has 2 rings (SSSR count). The number of hydrogen-bond donors (Lipinski definition) is 2. The van der Waals surface area contributed by atoms with Gasteiger partial charge in [-0.05, 0) is 25.0 Å². The third-order valence-corrected chi connectivity index (χ3v) is 5.67. The Kier molecular flexibility index (Phi) is 5.33. The molecule has 6 heteroatoms. The maximum Gasteiger partial charge on any atom is 0.258 e. The van der Waals surface area contributed by atoms with Gasteiger partial charge in [-0.15, -0.1) is 0 Å². The summed E-state index contributed by atoms with van der Waals surface area (Å²) < 4.78 is 25.8. The van der Waals surface area contributed by atoms with Gasteiger partial charge in [-0.2, -0.15) is 0 Å². The van der Waals surface area contributed by atoms with Crippen molar-refractivity contribution in [2.75, 3.05) is 5.75 Å². The van der Waals surface area contributed by atoms with E-state index in [2.05, 4.69) is 5.32 Å². The van der Waals surface area contributed by atoms with Gasteiger partial charge < -0.3 is 10.4 Å². The van der Waals surface area contributed by atoms with E-state index in [0.29, 0.717) is 5.75 Å². The first kappa shape index (κ1) is 15.9. The van der Waals surface area contributed by atoms with Crippen LogP contribution in [0.25, 0.3) is 0 Å². The van der Waals surface area contributed by atoms with Gasteiger partial charge in [0.1, 0.15) is 17.1 Å². The van der Waals surface area contributed by atoms with Crippen molar-refractivity contribution in [2.45, 2.75) is 43.9 Å². The fourth-order valence-electron chi connectivity index (χ4n) is 2.77. The van der Waals surface area contributed by atoms with E-state index in [1.807, 2.05) is 6.92 Å². The van der Waals surface area contributed by atoms with Crippen molar-refractivity contribution in [2.24, 2.45) is 0 Å². The molecule has 2 N–H and O–H groups in total. The second-order valence-corrected chi connectivity index (χ2v) is 7.15. The average molecular weight is 313 g/mol. The smallest absolute Gasteiger partial charge is 0.258 e. The summed E-state index contributed by atoms with van der Waals surface area (Å²) in [4.78, 5) is 12.2. The molecule has 0 saturated heterocycles. The predicted molar refractivity (Wildman–Crippen MR) is 80.3 cm³/mol. The van der Waals surface area contributed by atoms with Crippen LogP contribution in [0.15, 0.2) is 18.2 Å². The minimum absolute atomic E-state index is 0.0957. The number of hydrogen-bond acceptors (Lipinski definition) is 3. The number of phenols is 1. The second kappa shape index (κ2) is 7.02. The lowest BCUT2D eigenvalue weighted by molar-refractivity contribution is 0.0922. The minimum Gasteiger partial charge on any atom is -0.507 e. The molecule has 4 nitrogen and oxygen atoms in total. The summed E-state index contributed by atoms with van der Waals surface area (Å²) in [5, 5.41) is 12.3. The van der Waals surface area contributed by atoms with Crippen LogP contribution in [-0.4, -0.2) is 32.3 Å². The van der Waals surface area contributed by atoms with Gasteiger partial charge >= 0.3 is 0 Å². The Labute approximate surface area is 126 Å². The van der Waals surface area contributed by atoms with Gasteiger partial charge in [0.2, 0.25) is 0 Å². The first-order chi connectivity index (χ1) is 10.0. The maximum absolute atomic E-state index is 13.7. The van der Waals surface area contributed by atoms with E-state index in [9.17, 15) is 18.5 Å². The number of halogens is 1. The zero-order chi connectivity index (χ0) is 15.4. The molecular weight excluding hydrogens is 293 g/mol. The molecular formula is C15H20FNO3S. The molecule has 1 fully saturated rings. The first-order valence-corrected chi connectivity index (χ1v) is 8.58. The van der Waals surface area contributed by atoms with Crippen LogP contribution in [0.3, 0.4) is 0 Å². The van der Waals surface area contributed by atoms with Crippen molar-refractivity contribution in [3.05, 3.63) is 29.6 Å². The number of carbonyl (C=O) groups is 1. The topological polar surface area (TPSA) is 66.4 Å². The standard InChI is InChI=1S/C15H20FNO3S/c1-2-21(20)13-9-4-3-7-11(13)17-15(19)14-10(16)6-5-8-12(14)18/h5-6,8,11,13,18H,2-4,7,9H2,1H3,(H,17,19)/t11-,13+,21+/m0/s1. The van der Waals surface area contributed by atoms with Crippen LogP contribution in [0.2, 0.25) is 0 Å². The molecule has 21 heavy (non-hydrogen) atoms. The number of carbonyl (C=O) groups excluding carboxylic acids is 1. The van der Waals surface area contributed by atoms with E-state index in [4.69, 9.17) is 0 Å². The van der Waals surface area contributed by atoms with Gasteiger partial charge in [0.15, 0.2) is 0 Å². The van der Waals surface area contributed by atoms with Crippen molar-refractivity contribution < 1.29 is 18.5 Å². The zero-order valence-electron chi connectivity index (χ0n) is 12.0. The Morgan fingerprint density at radius 3 is 2.81 bits per heavy atom. The normalized spacial score (nSPS) is 23.5. The number of nitrogens with one attached hydrogen (secondary N) is 1. The number of rotatable bonds is 4. The van der Waals surface area contributed by atoms with Crippen LogP contribution in [0, 0.1) is 5.82 Å². The summed E-state index contributed by atoms with van der Waals surface area (Å²) in [6.07, 6.45) is 3.48. The van der Waals surface area contributed by atoms with Crippen molar-refractivity contribution in [1.82, 2.24) is 5.32 Å². The predicted octanol–water partition coefficient (Wildman–Crippen LogP) is 2.34. The van der Waals surface area contributed by atoms with E-state index in [1.165, 1.54) is 12.1 Å². The van der Waals surface area contributed by atoms with Crippen molar-refractivity contribution >= 4 is 16.7 Å². The highest BCUT2D eigenvalue weighted by Crippen LogP contribution is 2.25. The van der Waals surface area contributed by atoms with Crippen molar-refractivity contribution in [3.63, 3.8) is 0 Å². The molecule has 0 bridgehead atoms. The molecule has 1 amide bonds. The molecule has 1 aliphatic carbocycles. The van der Waals surface area contributed by atoms with Crippen LogP contribution in [-0.2, 0) is 10.8 Å². The highest BCUT2D eigenvalue weighted by molar-refractivity contribution is 7.85. The van der Waals surface area contributed by atoms with E-state index < -0.39 is 22.5 Å². The summed E-state index contributed by atoms with van der Waals surface area (Å²) in [6, 6.07) is 3.53. The van der Waals surface area contributed by atoms with Crippen molar-refractivity contribution in [1.29, 1.82) is 0 Å². The largest absolute Gasteiger partial charge is 0.507 e. The molecule has 0 unspecified atom stereocenters. The molecule has 0 aromatic heterocycles. The monoisotopic (exact) mass is 313 g/mol. The molecule has 0 aliphatic heterocycles. The van der Waals surface area contributed by atoms with Crippen LogP contribution in [0.5, 0.6) is 5.75 Å². The Morgan fingerprint density at radius 2 is 2.14 bits per heavy atom.